The SMILES string of the molecule is COCC(O)CCNC(=O)c1nc2ccccc2s1. The summed E-state index contributed by atoms with van der Waals surface area (Å²) in [5, 5.41) is 12.6. The summed E-state index contributed by atoms with van der Waals surface area (Å²) < 4.78 is 5.81. The van der Waals surface area contributed by atoms with E-state index < -0.39 is 6.10 Å². The van der Waals surface area contributed by atoms with Crippen LogP contribution in [0.25, 0.3) is 10.2 Å². The number of nitrogens with zero attached hydrogens (tertiary/aromatic N) is 1. The molecule has 0 aliphatic carbocycles. The molecule has 0 radical (unpaired) electrons. The number of carbonyl (C=O) groups excluding carboxylic acids is 1. The molecule has 0 bridgehead atoms. The number of aliphatic hydroxyl groups excluding tert-OH is 1. The molecular weight excluding hydrogens is 264 g/mol. The number of aliphatic hydroxyl groups is 1. The van der Waals surface area contributed by atoms with E-state index in [1.165, 1.54) is 18.4 Å². The number of rotatable bonds is 6. The number of para-hydroxylation sites is 1. The van der Waals surface area contributed by atoms with E-state index in [1.54, 1.807) is 0 Å². The van der Waals surface area contributed by atoms with Crippen molar-refractivity contribution >= 4 is 27.5 Å². The van der Waals surface area contributed by atoms with Gasteiger partial charge >= 0.3 is 0 Å². The smallest absolute Gasteiger partial charge is 0.280 e. The number of thiazole rings is 1. The van der Waals surface area contributed by atoms with Crippen molar-refractivity contribution < 1.29 is 14.6 Å². The predicted octanol–water partition coefficient (Wildman–Crippen LogP) is 1.42. The number of carbonyl (C=O) groups is 1. The number of benzene rings is 1. The summed E-state index contributed by atoms with van der Waals surface area (Å²) in [6.45, 7) is 0.677. The van der Waals surface area contributed by atoms with Crippen LogP contribution in [-0.2, 0) is 4.74 Å². The second-order valence-corrected chi connectivity index (χ2v) is 5.17. The highest BCUT2D eigenvalue weighted by Crippen LogP contribution is 2.21. The summed E-state index contributed by atoms with van der Waals surface area (Å²) in [5.74, 6) is -0.203. The summed E-state index contributed by atoms with van der Waals surface area (Å²) in [4.78, 5) is 16.1. The summed E-state index contributed by atoms with van der Waals surface area (Å²) in [6.07, 6.45) is -0.0922. The fourth-order valence-corrected chi connectivity index (χ4v) is 2.56. The first-order valence-corrected chi connectivity index (χ1v) is 6.83. The summed E-state index contributed by atoms with van der Waals surface area (Å²) >= 11 is 1.36. The zero-order valence-corrected chi connectivity index (χ0v) is 11.4. The van der Waals surface area contributed by atoms with Gasteiger partial charge in [-0.3, -0.25) is 4.79 Å². The first kappa shape index (κ1) is 13.9. The zero-order chi connectivity index (χ0) is 13.7. The number of nitrogens with one attached hydrogen (secondary N) is 1. The van der Waals surface area contributed by atoms with Gasteiger partial charge in [-0.05, 0) is 18.6 Å². The molecule has 5 nitrogen and oxygen atoms in total. The average Bonchev–Trinajstić information content (AvgIpc) is 2.82. The number of ether oxygens (including phenoxy) is 1. The molecular formula is C13H16N2O3S. The quantitative estimate of drug-likeness (QED) is 0.839. The third kappa shape index (κ3) is 3.73. The number of aromatic nitrogens is 1. The Labute approximate surface area is 115 Å². The van der Waals surface area contributed by atoms with Crippen LogP contribution in [0.2, 0.25) is 0 Å². The van der Waals surface area contributed by atoms with E-state index in [-0.39, 0.29) is 12.5 Å². The molecule has 1 amide bonds. The van der Waals surface area contributed by atoms with Crippen LogP contribution in [0.4, 0.5) is 0 Å². The Bertz CT molecular complexity index is 523. The van der Waals surface area contributed by atoms with E-state index in [1.807, 2.05) is 24.3 Å². The number of fused-ring (bicyclic) bond motifs is 1. The highest BCUT2D eigenvalue weighted by molar-refractivity contribution is 7.20. The maximum atomic E-state index is 11.9. The van der Waals surface area contributed by atoms with E-state index in [4.69, 9.17) is 4.74 Å². The molecule has 1 heterocycles. The third-order valence-corrected chi connectivity index (χ3v) is 3.65. The van der Waals surface area contributed by atoms with Crippen molar-refractivity contribution in [3.8, 4) is 0 Å². The molecule has 0 aliphatic heterocycles. The van der Waals surface area contributed by atoms with Crippen molar-refractivity contribution in [3.63, 3.8) is 0 Å². The largest absolute Gasteiger partial charge is 0.391 e. The van der Waals surface area contributed by atoms with Crippen molar-refractivity contribution in [3.05, 3.63) is 29.3 Å². The minimum atomic E-state index is -0.555. The van der Waals surface area contributed by atoms with E-state index in [2.05, 4.69) is 10.3 Å². The van der Waals surface area contributed by atoms with Crippen molar-refractivity contribution in [2.45, 2.75) is 12.5 Å². The van der Waals surface area contributed by atoms with Crippen molar-refractivity contribution in [2.24, 2.45) is 0 Å². The molecule has 2 rings (SSSR count). The molecule has 6 heteroatoms. The molecule has 102 valence electrons. The lowest BCUT2D eigenvalue weighted by molar-refractivity contribution is 0.0587. The molecule has 0 aliphatic rings. The van der Waals surface area contributed by atoms with Gasteiger partial charge in [-0.15, -0.1) is 11.3 Å². The predicted molar refractivity (Wildman–Crippen MR) is 74.5 cm³/mol. The van der Waals surface area contributed by atoms with Crippen LogP contribution < -0.4 is 5.32 Å². The van der Waals surface area contributed by atoms with Gasteiger partial charge in [-0.2, -0.15) is 0 Å². The topological polar surface area (TPSA) is 71.5 Å². The van der Waals surface area contributed by atoms with Gasteiger partial charge in [0.25, 0.3) is 5.91 Å². The number of hydrogen-bond donors (Lipinski definition) is 2. The maximum absolute atomic E-state index is 11.9. The lowest BCUT2D eigenvalue weighted by Crippen LogP contribution is -2.28. The molecule has 0 spiro atoms. The van der Waals surface area contributed by atoms with Gasteiger partial charge in [-0.1, -0.05) is 12.1 Å². The maximum Gasteiger partial charge on any atom is 0.280 e. The van der Waals surface area contributed by atoms with Crippen LogP contribution in [0.1, 0.15) is 16.2 Å². The van der Waals surface area contributed by atoms with Gasteiger partial charge in [0.15, 0.2) is 5.01 Å². The van der Waals surface area contributed by atoms with Crippen molar-refractivity contribution in [1.82, 2.24) is 10.3 Å². The highest BCUT2D eigenvalue weighted by atomic mass is 32.1. The molecule has 1 atom stereocenters. The van der Waals surface area contributed by atoms with Gasteiger partial charge < -0.3 is 15.2 Å². The van der Waals surface area contributed by atoms with Gasteiger partial charge in [0.1, 0.15) is 0 Å². The molecule has 2 aromatic rings. The minimum absolute atomic E-state index is 0.203. The Balaban J connectivity index is 1.89. The van der Waals surface area contributed by atoms with Gasteiger partial charge in [0.2, 0.25) is 0 Å². The third-order valence-electron chi connectivity index (χ3n) is 2.61. The fourth-order valence-electron chi connectivity index (χ4n) is 1.67. The lowest BCUT2D eigenvalue weighted by atomic mass is 10.2. The Kier molecular flexibility index (Phi) is 4.84. The number of amides is 1. The average molecular weight is 280 g/mol. The Morgan fingerprint density at radius 3 is 3.05 bits per heavy atom. The minimum Gasteiger partial charge on any atom is -0.391 e. The van der Waals surface area contributed by atoms with Crippen LogP contribution >= 0.6 is 11.3 Å². The molecule has 0 saturated carbocycles. The van der Waals surface area contributed by atoms with Gasteiger partial charge in [0.05, 0.1) is 22.9 Å². The standard InChI is InChI=1S/C13H16N2O3S/c1-18-8-9(16)6-7-14-12(17)13-15-10-4-2-3-5-11(10)19-13/h2-5,9,16H,6-8H2,1H3,(H,14,17). The molecule has 2 N–H and O–H groups in total. The molecule has 1 aromatic carbocycles. The lowest BCUT2D eigenvalue weighted by Gasteiger charge is -2.09. The van der Waals surface area contributed by atoms with Crippen LogP contribution in [0.15, 0.2) is 24.3 Å². The van der Waals surface area contributed by atoms with E-state index in [9.17, 15) is 9.90 Å². The first-order chi connectivity index (χ1) is 9.20. The number of hydrogen-bond acceptors (Lipinski definition) is 5. The van der Waals surface area contributed by atoms with Crippen molar-refractivity contribution in [1.29, 1.82) is 0 Å². The van der Waals surface area contributed by atoms with Gasteiger partial charge in [-0.25, -0.2) is 4.98 Å². The molecule has 0 saturated heterocycles. The molecule has 0 fully saturated rings. The van der Waals surface area contributed by atoms with Crippen LogP contribution in [0.5, 0.6) is 0 Å². The Morgan fingerprint density at radius 1 is 1.53 bits per heavy atom. The Morgan fingerprint density at radius 2 is 2.32 bits per heavy atom. The van der Waals surface area contributed by atoms with Crippen LogP contribution in [0.3, 0.4) is 0 Å². The Hall–Kier alpha value is -1.50. The molecule has 19 heavy (non-hydrogen) atoms. The summed E-state index contributed by atoms with van der Waals surface area (Å²) in [5.41, 5.74) is 0.831. The second-order valence-electron chi connectivity index (χ2n) is 4.14. The number of methoxy groups -OCH3 is 1. The van der Waals surface area contributed by atoms with Crippen LogP contribution in [0, 0.1) is 0 Å². The zero-order valence-electron chi connectivity index (χ0n) is 10.6. The van der Waals surface area contributed by atoms with E-state index in [0.29, 0.717) is 18.0 Å². The van der Waals surface area contributed by atoms with Gasteiger partial charge in [0, 0.05) is 13.7 Å². The fraction of sp³-hybridized carbons (Fsp3) is 0.385. The van der Waals surface area contributed by atoms with E-state index >= 15 is 0 Å². The van der Waals surface area contributed by atoms with Crippen LogP contribution in [-0.4, -0.2) is 42.4 Å². The molecule has 1 aromatic heterocycles. The highest BCUT2D eigenvalue weighted by Gasteiger charge is 2.12. The van der Waals surface area contributed by atoms with E-state index in [0.717, 1.165) is 10.2 Å². The first-order valence-electron chi connectivity index (χ1n) is 6.01. The monoisotopic (exact) mass is 280 g/mol. The summed E-state index contributed by atoms with van der Waals surface area (Å²) in [6, 6.07) is 7.63. The molecule has 1 unspecified atom stereocenters. The van der Waals surface area contributed by atoms with Crippen molar-refractivity contribution in [2.75, 3.05) is 20.3 Å². The second kappa shape index (κ2) is 6.60. The summed E-state index contributed by atoms with van der Waals surface area (Å²) in [7, 11) is 1.53. The normalized spacial score (nSPS) is 12.5.